The quantitative estimate of drug-likeness (QED) is 0.104. The summed E-state index contributed by atoms with van der Waals surface area (Å²) in [7, 11) is 0. The molecule has 7 aromatic rings. The Bertz CT molecular complexity index is 3190. The lowest BCUT2D eigenvalue weighted by Crippen LogP contribution is -2.11. The molecule has 0 fully saturated rings. The van der Waals surface area contributed by atoms with Crippen molar-refractivity contribution in [2.75, 3.05) is 0 Å². The van der Waals surface area contributed by atoms with Crippen molar-refractivity contribution in [1.82, 2.24) is 19.5 Å². The minimum atomic E-state index is -1.77. The van der Waals surface area contributed by atoms with Gasteiger partial charge < -0.3 is 25.4 Å². The maximum atomic E-state index is 13.9. The molecule has 0 unspecified atom stereocenters. The number of carboxylic acid groups (broad SMARTS) is 4. The second kappa shape index (κ2) is 14.7. The summed E-state index contributed by atoms with van der Waals surface area (Å²) in [5.74, 6) is -4.95. The molecule has 5 N–H and O–H groups in total. The first-order chi connectivity index (χ1) is 29.1. The first-order valence-corrected chi connectivity index (χ1v) is 18.6. The number of aliphatic carboxylic acids is 1. The number of hydrogen-bond donors (Lipinski definition) is 5. The van der Waals surface area contributed by atoms with Crippen molar-refractivity contribution in [1.29, 1.82) is 0 Å². The fourth-order valence-electron chi connectivity index (χ4n) is 7.97. The van der Waals surface area contributed by atoms with Crippen LogP contribution in [0.3, 0.4) is 0 Å². The number of fused-ring (bicyclic) bond motifs is 8. The van der Waals surface area contributed by atoms with Crippen LogP contribution in [0, 0.1) is 0 Å². The molecule has 0 saturated carbocycles. The van der Waals surface area contributed by atoms with Gasteiger partial charge in [0.15, 0.2) is 0 Å². The molecule has 60 heavy (non-hydrogen) atoms. The summed E-state index contributed by atoms with van der Waals surface area (Å²) in [6.07, 6.45) is 2.98. The fraction of sp³-hybridized carbons (Fsp3) is 0. The summed E-state index contributed by atoms with van der Waals surface area (Å²) in [4.78, 5) is 68.1. The Morgan fingerprint density at radius 1 is 0.450 bits per heavy atom. The standard InChI is InChI=1S/C48H30N4O8/c53-45(54)30-25-35-37(27-15-7-2-8-16-27)33-22-21-31(49-33)36(26-13-5-1-6-14-26)32-23-24-34(50-32)38(28-17-9-3-10-18-28)43-40(46(55)56)41(47(57)58)44(52(43)48(59)60)39(42(30)51-35)29-19-11-4-12-20-29/h1-25,49H,(H,53,54)(H,55,56)(H,57,58)(H,59,60). The summed E-state index contributed by atoms with van der Waals surface area (Å²) in [6.45, 7) is 0. The normalized spacial score (nSPS) is 11.9. The van der Waals surface area contributed by atoms with Gasteiger partial charge in [0, 0.05) is 33.3 Å². The van der Waals surface area contributed by atoms with Gasteiger partial charge in [-0.1, -0.05) is 121 Å². The third-order valence-corrected chi connectivity index (χ3v) is 10.4. The van der Waals surface area contributed by atoms with Crippen LogP contribution in [-0.2, 0) is 4.79 Å². The van der Waals surface area contributed by atoms with Crippen LogP contribution in [0.15, 0.2) is 133 Å². The molecular weight excluding hydrogens is 761 g/mol. The number of carbonyl (C=O) groups is 4. The van der Waals surface area contributed by atoms with Crippen molar-refractivity contribution in [2.24, 2.45) is 0 Å². The summed E-state index contributed by atoms with van der Waals surface area (Å²) < 4.78 is 0.609. The summed E-state index contributed by atoms with van der Waals surface area (Å²) in [6, 6.07) is 38.6. The highest BCUT2D eigenvalue weighted by Crippen LogP contribution is 2.44. The van der Waals surface area contributed by atoms with Gasteiger partial charge >= 0.3 is 24.0 Å². The molecule has 2 aliphatic heterocycles. The summed E-state index contributed by atoms with van der Waals surface area (Å²) in [5.41, 5.74) is 1.25. The van der Waals surface area contributed by atoms with E-state index in [1.807, 2.05) is 72.8 Å². The fourth-order valence-corrected chi connectivity index (χ4v) is 7.97. The predicted molar refractivity (Wildman–Crippen MR) is 228 cm³/mol. The van der Waals surface area contributed by atoms with E-state index in [0.717, 1.165) is 5.56 Å². The molecule has 12 heteroatoms. The van der Waals surface area contributed by atoms with E-state index in [-0.39, 0.29) is 39.3 Å². The number of hydrogen-bond acceptors (Lipinski definition) is 6. The minimum Gasteiger partial charge on any atom is -0.478 e. The van der Waals surface area contributed by atoms with Crippen molar-refractivity contribution in [3.8, 4) is 44.5 Å². The predicted octanol–water partition coefficient (Wildman–Crippen LogP) is 10.2. The number of benzene rings is 4. The molecule has 5 heterocycles. The van der Waals surface area contributed by atoms with E-state index in [1.165, 1.54) is 6.08 Å². The SMILES string of the molecule is O=C(O)C1=Cc2nc1c(-c1ccccc1)c1c(C(=O)O)c(C(=O)O)c(c(-c3ccccc3)c3nc(c(-c4ccccc4)c4ccc([nH]4)c2-c2ccccc2)C=C3)n1C(=O)O. The minimum absolute atomic E-state index is 0.00352. The molecule has 0 aliphatic carbocycles. The third kappa shape index (κ3) is 6.12. The first kappa shape index (κ1) is 37.0. The van der Waals surface area contributed by atoms with Gasteiger partial charge in [-0.2, -0.15) is 0 Å². The lowest BCUT2D eigenvalue weighted by Gasteiger charge is -2.11. The van der Waals surface area contributed by atoms with E-state index in [2.05, 4.69) is 4.98 Å². The van der Waals surface area contributed by atoms with Gasteiger partial charge in [0.1, 0.15) is 11.1 Å². The number of aromatic carboxylic acids is 2. The molecule has 2 aliphatic rings. The number of aromatic nitrogens is 4. The number of aromatic amines is 1. The largest absolute Gasteiger partial charge is 0.478 e. The van der Waals surface area contributed by atoms with Crippen LogP contribution in [0.5, 0.6) is 0 Å². The van der Waals surface area contributed by atoms with Crippen molar-refractivity contribution in [3.63, 3.8) is 0 Å². The number of rotatable bonds is 7. The molecule has 0 saturated heterocycles. The van der Waals surface area contributed by atoms with Gasteiger partial charge in [-0.3, -0.25) is 0 Å². The molecule has 0 radical (unpaired) electrons. The van der Waals surface area contributed by atoms with Crippen molar-refractivity contribution >= 4 is 69.9 Å². The van der Waals surface area contributed by atoms with E-state index in [1.54, 1.807) is 72.8 Å². The topological polar surface area (TPSA) is 196 Å². The van der Waals surface area contributed by atoms with E-state index in [9.17, 15) is 39.6 Å². The van der Waals surface area contributed by atoms with Gasteiger partial charge in [-0.05, 0) is 52.6 Å². The first-order valence-electron chi connectivity index (χ1n) is 18.6. The van der Waals surface area contributed by atoms with Gasteiger partial charge in [-0.25, -0.2) is 33.7 Å². The number of carboxylic acids is 3. The maximum Gasteiger partial charge on any atom is 0.416 e. The molecule has 8 bridgehead atoms. The van der Waals surface area contributed by atoms with Crippen LogP contribution in [0.4, 0.5) is 4.79 Å². The van der Waals surface area contributed by atoms with Crippen LogP contribution < -0.4 is 0 Å². The van der Waals surface area contributed by atoms with Crippen LogP contribution >= 0.6 is 0 Å². The molecule has 0 atom stereocenters. The van der Waals surface area contributed by atoms with Gasteiger partial charge in [0.25, 0.3) is 0 Å². The van der Waals surface area contributed by atoms with E-state index in [4.69, 9.17) is 9.97 Å². The Kier molecular flexibility index (Phi) is 9.06. The molecule has 0 amide bonds. The number of nitrogens with one attached hydrogen (secondary N) is 1. The van der Waals surface area contributed by atoms with Crippen LogP contribution in [-0.4, -0.2) is 63.9 Å². The summed E-state index contributed by atoms with van der Waals surface area (Å²) in [5, 5.41) is 44.2. The number of H-pyrrole nitrogens is 1. The van der Waals surface area contributed by atoms with E-state index in [0.29, 0.717) is 43.5 Å². The molecule has 3 aromatic heterocycles. The van der Waals surface area contributed by atoms with E-state index >= 15 is 0 Å². The highest BCUT2D eigenvalue weighted by atomic mass is 16.4. The maximum absolute atomic E-state index is 13.9. The molecule has 4 aromatic carbocycles. The van der Waals surface area contributed by atoms with Gasteiger partial charge in [0.2, 0.25) is 0 Å². The Morgan fingerprint density at radius 3 is 1.28 bits per heavy atom. The Labute approximate surface area is 340 Å². The Balaban J connectivity index is 1.68. The number of nitrogens with zero attached hydrogens (tertiary/aromatic N) is 3. The Morgan fingerprint density at radius 2 is 0.850 bits per heavy atom. The second-order valence-electron chi connectivity index (χ2n) is 13.8. The lowest BCUT2D eigenvalue weighted by molar-refractivity contribution is -0.130. The van der Waals surface area contributed by atoms with Crippen LogP contribution in [0.25, 0.3) is 90.4 Å². The third-order valence-electron chi connectivity index (χ3n) is 10.4. The van der Waals surface area contributed by atoms with Gasteiger partial charge in [0.05, 0.1) is 39.4 Å². The molecule has 290 valence electrons. The zero-order valence-corrected chi connectivity index (χ0v) is 31.2. The molecular formula is C48H30N4O8. The summed E-state index contributed by atoms with van der Waals surface area (Å²) >= 11 is 0. The Hall–Kier alpha value is -8.64. The average molecular weight is 791 g/mol. The molecule has 0 spiro atoms. The van der Waals surface area contributed by atoms with Crippen molar-refractivity contribution in [3.05, 3.63) is 167 Å². The van der Waals surface area contributed by atoms with Crippen molar-refractivity contribution < 1.29 is 39.6 Å². The zero-order chi connectivity index (χ0) is 41.7. The smallest absolute Gasteiger partial charge is 0.416 e. The molecule has 12 nitrogen and oxygen atoms in total. The van der Waals surface area contributed by atoms with Gasteiger partial charge in [-0.15, -0.1) is 0 Å². The van der Waals surface area contributed by atoms with Crippen LogP contribution in [0.2, 0.25) is 0 Å². The van der Waals surface area contributed by atoms with Crippen molar-refractivity contribution in [2.45, 2.75) is 0 Å². The zero-order valence-electron chi connectivity index (χ0n) is 31.2. The monoisotopic (exact) mass is 790 g/mol. The van der Waals surface area contributed by atoms with E-state index < -0.39 is 46.2 Å². The van der Waals surface area contributed by atoms with Crippen LogP contribution in [0.1, 0.15) is 43.5 Å². The highest BCUT2D eigenvalue weighted by Gasteiger charge is 2.36. The highest BCUT2D eigenvalue weighted by molar-refractivity contribution is 6.26. The second-order valence-corrected chi connectivity index (χ2v) is 13.8. The molecule has 9 rings (SSSR count). The lowest BCUT2D eigenvalue weighted by atomic mass is 9.96. The average Bonchev–Trinajstić information content (AvgIpc) is 4.07.